The van der Waals surface area contributed by atoms with Crippen LogP contribution in [-0.2, 0) is 0 Å². The molecule has 0 fully saturated rings. The summed E-state index contributed by atoms with van der Waals surface area (Å²) in [6, 6.07) is 0. The molecular formula is C12H14Si. The monoisotopic (exact) mass is 186 g/mol. The SMILES string of the molecule is C1=CCC([Si]C2C=CC=CC2)C=C1. The lowest BCUT2D eigenvalue weighted by atomic mass is 10.2. The van der Waals surface area contributed by atoms with E-state index in [1.54, 1.807) is 0 Å². The first kappa shape index (κ1) is 8.76. The first-order valence-electron chi connectivity index (χ1n) is 4.88. The summed E-state index contributed by atoms with van der Waals surface area (Å²) in [5.41, 5.74) is 1.59. The molecule has 0 aliphatic heterocycles. The van der Waals surface area contributed by atoms with E-state index in [4.69, 9.17) is 0 Å². The molecule has 13 heavy (non-hydrogen) atoms. The van der Waals surface area contributed by atoms with Gasteiger partial charge in [0.15, 0.2) is 0 Å². The van der Waals surface area contributed by atoms with E-state index in [2.05, 4.69) is 48.6 Å². The van der Waals surface area contributed by atoms with Gasteiger partial charge in [0.05, 0.1) is 9.52 Å². The number of hydrogen-bond acceptors (Lipinski definition) is 0. The molecule has 0 saturated carbocycles. The Morgan fingerprint density at radius 2 is 1.31 bits per heavy atom. The molecule has 2 rings (SSSR count). The van der Waals surface area contributed by atoms with Crippen molar-refractivity contribution in [2.24, 2.45) is 0 Å². The van der Waals surface area contributed by atoms with E-state index in [9.17, 15) is 0 Å². The van der Waals surface area contributed by atoms with Gasteiger partial charge in [-0.05, 0) is 23.9 Å². The van der Waals surface area contributed by atoms with Crippen LogP contribution in [0.4, 0.5) is 0 Å². The highest BCUT2D eigenvalue weighted by Gasteiger charge is 2.13. The van der Waals surface area contributed by atoms with E-state index in [0.717, 1.165) is 20.6 Å². The maximum absolute atomic E-state index is 2.35. The smallest absolute Gasteiger partial charge is 0.0556 e. The molecule has 66 valence electrons. The van der Waals surface area contributed by atoms with Gasteiger partial charge >= 0.3 is 0 Å². The first-order chi connectivity index (χ1) is 6.45. The van der Waals surface area contributed by atoms with Gasteiger partial charge < -0.3 is 0 Å². The molecule has 0 nitrogen and oxygen atoms in total. The zero-order valence-electron chi connectivity index (χ0n) is 7.69. The fourth-order valence-corrected chi connectivity index (χ4v) is 3.22. The van der Waals surface area contributed by atoms with Crippen molar-refractivity contribution in [2.45, 2.75) is 23.9 Å². The van der Waals surface area contributed by atoms with Crippen LogP contribution in [0.2, 0.25) is 11.1 Å². The molecule has 2 unspecified atom stereocenters. The second kappa shape index (κ2) is 4.42. The van der Waals surface area contributed by atoms with E-state index in [1.807, 2.05) is 0 Å². The summed E-state index contributed by atoms with van der Waals surface area (Å²) in [6.45, 7) is 0. The topological polar surface area (TPSA) is 0 Å². The van der Waals surface area contributed by atoms with Crippen LogP contribution in [0.15, 0.2) is 48.6 Å². The molecule has 0 aromatic heterocycles. The Bertz CT molecular complexity index is 243. The zero-order valence-corrected chi connectivity index (χ0v) is 8.69. The molecule has 0 saturated heterocycles. The van der Waals surface area contributed by atoms with Crippen LogP contribution in [-0.4, -0.2) is 9.52 Å². The molecule has 2 radical (unpaired) electrons. The van der Waals surface area contributed by atoms with Gasteiger partial charge in [-0.25, -0.2) is 0 Å². The summed E-state index contributed by atoms with van der Waals surface area (Å²) < 4.78 is 0. The van der Waals surface area contributed by atoms with Gasteiger partial charge in [0, 0.05) is 0 Å². The Morgan fingerprint density at radius 3 is 1.69 bits per heavy atom. The van der Waals surface area contributed by atoms with Crippen molar-refractivity contribution in [3.05, 3.63) is 48.6 Å². The van der Waals surface area contributed by atoms with Crippen molar-refractivity contribution in [3.8, 4) is 0 Å². The lowest BCUT2D eigenvalue weighted by molar-refractivity contribution is 0.941. The summed E-state index contributed by atoms with van der Waals surface area (Å²) in [6.07, 6.45) is 20.4. The van der Waals surface area contributed by atoms with Crippen LogP contribution in [0.25, 0.3) is 0 Å². The predicted octanol–water partition coefficient (Wildman–Crippen LogP) is 3.30. The molecule has 2 atom stereocenters. The molecule has 0 spiro atoms. The van der Waals surface area contributed by atoms with Crippen LogP contribution < -0.4 is 0 Å². The van der Waals surface area contributed by atoms with E-state index in [-0.39, 0.29) is 0 Å². The molecule has 0 amide bonds. The zero-order chi connectivity index (χ0) is 8.93. The summed E-state index contributed by atoms with van der Waals surface area (Å²) in [4.78, 5) is 0. The van der Waals surface area contributed by atoms with Crippen molar-refractivity contribution in [1.29, 1.82) is 0 Å². The highest BCUT2D eigenvalue weighted by Crippen LogP contribution is 2.26. The van der Waals surface area contributed by atoms with Crippen LogP contribution in [0.1, 0.15) is 12.8 Å². The molecule has 2 aliphatic rings. The quantitative estimate of drug-likeness (QED) is 0.580. The maximum Gasteiger partial charge on any atom is 0.0556 e. The van der Waals surface area contributed by atoms with Gasteiger partial charge in [0.25, 0.3) is 0 Å². The van der Waals surface area contributed by atoms with Crippen LogP contribution >= 0.6 is 0 Å². The molecule has 0 N–H and O–H groups in total. The Morgan fingerprint density at radius 1 is 0.769 bits per heavy atom. The summed E-state index contributed by atoms with van der Waals surface area (Å²) >= 11 is 0. The van der Waals surface area contributed by atoms with E-state index in [0.29, 0.717) is 0 Å². The molecule has 0 aromatic carbocycles. The van der Waals surface area contributed by atoms with Crippen molar-refractivity contribution < 1.29 is 0 Å². The lowest BCUT2D eigenvalue weighted by Crippen LogP contribution is -2.09. The normalized spacial score (nSPS) is 31.1. The Kier molecular flexibility index (Phi) is 2.98. The van der Waals surface area contributed by atoms with Crippen molar-refractivity contribution in [3.63, 3.8) is 0 Å². The fraction of sp³-hybridized carbons (Fsp3) is 0.333. The minimum Gasteiger partial charge on any atom is -0.0843 e. The maximum atomic E-state index is 2.35. The van der Waals surface area contributed by atoms with Gasteiger partial charge in [0.2, 0.25) is 0 Å². The van der Waals surface area contributed by atoms with E-state index < -0.39 is 0 Å². The number of rotatable bonds is 2. The molecule has 0 bridgehead atoms. The third-order valence-electron chi connectivity index (χ3n) is 2.39. The van der Waals surface area contributed by atoms with Gasteiger partial charge in [-0.15, -0.1) is 0 Å². The highest BCUT2D eigenvalue weighted by molar-refractivity contribution is 6.41. The standard InChI is InChI=1S/C12H14Si/c1-3-7-11(8-4-1)13-12-9-5-2-6-10-12/h1-7,9,11-12H,8,10H2. The Labute approximate surface area is 82.6 Å². The van der Waals surface area contributed by atoms with Crippen LogP contribution in [0.3, 0.4) is 0 Å². The second-order valence-corrected chi connectivity index (χ2v) is 5.29. The van der Waals surface area contributed by atoms with Crippen molar-refractivity contribution in [2.75, 3.05) is 0 Å². The van der Waals surface area contributed by atoms with E-state index in [1.165, 1.54) is 12.8 Å². The molecule has 0 heterocycles. The van der Waals surface area contributed by atoms with Gasteiger partial charge in [0.1, 0.15) is 0 Å². The van der Waals surface area contributed by atoms with Crippen molar-refractivity contribution in [1.82, 2.24) is 0 Å². The molecular weight excluding hydrogens is 172 g/mol. The minimum absolute atomic E-state index is 0.797. The number of hydrogen-bond donors (Lipinski definition) is 0. The summed E-state index contributed by atoms with van der Waals surface area (Å²) in [5, 5.41) is 0. The second-order valence-electron chi connectivity index (χ2n) is 3.48. The van der Waals surface area contributed by atoms with Crippen LogP contribution in [0, 0.1) is 0 Å². The third kappa shape index (κ3) is 2.56. The largest absolute Gasteiger partial charge is 0.0843 e. The summed E-state index contributed by atoms with van der Waals surface area (Å²) in [7, 11) is 1.05. The lowest BCUT2D eigenvalue weighted by Gasteiger charge is -2.18. The number of allylic oxidation sites excluding steroid dienone is 8. The Balaban J connectivity index is 1.84. The van der Waals surface area contributed by atoms with Crippen molar-refractivity contribution >= 4 is 9.52 Å². The van der Waals surface area contributed by atoms with Gasteiger partial charge in [-0.2, -0.15) is 0 Å². The third-order valence-corrected chi connectivity index (χ3v) is 4.10. The minimum atomic E-state index is 0.797. The summed E-state index contributed by atoms with van der Waals surface area (Å²) in [5.74, 6) is 0. The highest BCUT2D eigenvalue weighted by atomic mass is 28.2. The van der Waals surface area contributed by atoms with E-state index >= 15 is 0 Å². The Hall–Kier alpha value is -0.823. The average Bonchev–Trinajstić information content (AvgIpc) is 2.21. The first-order valence-corrected chi connectivity index (χ1v) is 6.03. The fourth-order valence-electron chi connectivity index (χ4n) is 1.68. The molecule has 0 aromatic rings. The van der Waals surface area contributed by atoms with Gasteiger partial charge in [-0.3, -0.25) is 0 Å². The molecule has 2 aliphatic carbocycles. The van der Waals surface area contributed by atoms with Crippen LogP contribution in [0.5, 0.6) is 0 Å². The predicted molar refractivity (Wildman–Crippen MR) is 59.0 cm³/mol. The average molecular weight is 186 g/mol. The molecule has 1 heteroatoms. The van der Waals surface area contributed by atoms with Gasteiger partial charge in [-0.1, -0.05) is 48.6 Å².